The molecule has 25 heavy (non-hydrogen) atoms. The van der Waals surface area contributed by atoms with Crippen molar-refractivity contribution in [1.29, 1.82) is 0 Å². The molecule has 1 amide bonds. The molecule has 0 bridgehead atoms. The highest BCUT2D eigenvalue weighted by Gasteiger charge is 2.14. The molecule has 0 atom stereocenters. The van der Waals surface area contributed by atoms with E-state index < -0.39 is 0 Å². The van der Waals surface area contributed by atoms with Crippen molar-refractivity contribution in [3.63, 3.8) is 0 Å². The Bertz CT molecular complexity index is 670. The number of nitrogens with one attached hydrogen (secondary N) is 2. The first-order valence-electron chi connectivity index (χ1n) is 8.77. The maximum absolute atomic E-state index is 12.3. The Morgan fingerprint density at radius 3 is 2.68 bits per heavy atom. The Morgan fingerprint density at radius 2 is 1.88 bits per heavy atom. The van der Waals surface area contributed by atoms with Gasteiger partial charge in [-0.3, -0.25) is 4.79 Å². The van der Waals surface area contributed by atoms with Gasteiger partial charge in [0.05, 0.1) is 26.3 Å². The van der Waals surface area contributed by atoms with Crippen molar-refractivity contribution in [2.24, 2.45) is 0 Å². The monoisotopic (exact) mass is 341 g/mol. The van der Waals surface area contributed by atoms with Crippen LogP contribution in [-0.2, 0) is 11.3 Å². The lowest BCUT2D eigenvalue weighted by atomic mass is 10.2. The standard InChI is InChI=1S/C20H24N2O3/c23-20(21-9-10-22-11-13-24-14-12-22)18-7-4-8-19(15-18)25-16-17-5-2-1-3-6-17/h1-8,15H,9-14,16H2,(H,21,23)/p+1. The van der Waals surface area contributed by atoms with Gasteiger partial charge in [0.1, 0.15) is 25.4 Å². The maximum Gasteiger partial charge on any atom is 0.251 e. The molecular formula is C20H25N2O3+. The highest BCUT2D eigenvalue weighted by atomic mass is 16.5. The van der Waals surface area contributed by atoms with E-state index in [2.05, 4.69) is 5.32 Å². The first-order chi connectivity index (χ1) is 12.3. The van der Waals surface area contributed by atoms with Crippen LogP contribution in [0, 0.1) is 0 Å². The number of carbonyl (C=O) groups excluding carboxylic acids is 1. The number of morpholine rings is 1. The fraction of sp³-hybridized carbons (Fsp3) is 0.350. The smallest absolute Gasteiger partial charge is 0.251 e. The topological polar surface area (TPSA) is 52.0 Å². The zero-order valence-electron chi connectivity index (χ0n) is 14.4. The average Bonchev–Trinajstić information content (AvgIpc) is 2.68. The SMILES string of the molecule is O=C(NCC[NH+]1CCOCC1)c1cccc(OCc2ccccc2)c1. The molecular weight excluding hydrogens is 316 g/mol. The third kappa shape index (κ3) is 5.59. The fourth-order valence-electron chi connectivity index (χ4n) is 2.83. The van der Waals surface area contributed by atoms with E-state index in [1.807, 2.05) is 48.5 Å². The lowest BCUT2D eigenvalue weighted by Crippen LogP contribution is -3.14. The number of hydrogen-bond acceptors (Lipinski definition) is 3. The number of carbonyl (C=O) groups is 1. The van der Waals surface area contributed by atoms with Crippen LogP contribution in [0.15, 0.2) is 54.6 Å². The minimum absolute atomic E-state index is 0.0576. The van der Waals surface area contributed by atoms with Gasteiger partial charge in [0.2, 0.25) is 0 Å². The van der Waals surface area contributed by atoms with Crippen molar-refractivity contribution in [3.05, 3.63) is 65.7 Å². The molecule has 1 aliphatic heterocycles. The van der Waals surface area contributed by atoms with Gasteiger partial charge in [-0.2, -0.15) is 0 Å². The normalized spacial score (nSPS) is 14.9. The zero-order chi connectivity index (χ0) is 17.3. The number of benzene rings is 2. The Balaban J connectivity index is 1.47. The average molecular weight is 341 g/mol. The summed E-state index contributed by atoms with van der Waals surface area (Å²) >= 11 is 0. The lowest BCUT2D eigenvalue weighted by Gasteiger charge is -2.23. The summed E-state index contributed by atoms with van der Waals surface area (Å²) in [5.74, 6) is 0.646. The molecule has 5 nitrogen and oxygen atoms in total. The molecule has 0 radical (unpaired) electrons. The van der Waals surface area contributed by atoms with Crippen LogP contribution >= 0.6 is 0 Å². The largest absolute Gasteiger partial charge is 0.489 e. The molecule has 3 rings (SSSR count). The van der Waals surface area contributed by atoms with Crippen LogP contribution in [-0.4, -0.2) is 45.3 Å². The van der Waals surface area contributed by atoms with Crippen LogP contribution in [0.25, 0.3) is 0 Å². The summed E-state index contributed by atoms with van der Waals surface area (Å²) in [5, 5.41) is 2.99. The van der Waals surface area contributed by atoms with E-state index in [0.717, 1.165) is 38.4 Å². The van der Waals surface area contributed by atoms with Crippen LogP contribution in [0.3, 0.4) is 0 Å². The summed E-state index contributed by atoms with van der Waals surface area (Å²) in [6, 6.07) is 17.3. The number of quaternary nitrogens is 1. The minimum atomic E-state index is -0.0576. The van der Waals surface area contributed by atoms with Gasteiger partial charge in [0.25, 0.3) is 5.91 Å². The molecule has 2 aromatic rings. The molecule has 0 saturated carbocycles. The van der Waals surface area contributed by atoms with Gasteiger partial charge in [-0.05, 0) is 23.8 Å². The molecule has 1 saturated heterocycles. The number of rotatable bonds is 7. The summed E-state index contributed by atoms with van der Waals surface area (Å²) in [5.41, 5.74) is 1.73. The predicted molar refractivity (Wildman–Crippen MR) is 95.9 cm³/mol. The molecule has 1 fully saturated rings. The summed E-state index contributed by atoms with van der Waals surface area (Å²) in [7, 11) is 0. The quantitative estimate of drug-likeness (QED) is 0.787. The molecule has 0 aromatic heterocycles. The summed E-state index contributed by atoms with van der Waals surface area (Å²) in [6.07, 6.45) is 0. The van der Waals surface area contributed by atoms with Gasteiger partial charge in [0, 0.05) is 5.56 Å². The van der Waals surface area contributed by atoms with Crippen LogP contribution < -0.4 is 15.0 Å². The second-order valence-electron chi connectivity index (χ2n) is 6.17. The number of hydrogen-bond donors (Lipinski definition) is 2. The highest BCUT2D eigenvalue weighted by molar-refractivity contribution is 5.94. The van der Waals surface area contributed by atoms with Crippen LogP contribution in [0.2, 0.25) is 0 Å². The van der Waals surface area contributed by atoms with Crippen molar-refractivity contribution >= 4 is 5.91 Å². The second kappa shape index (κ2) is 9.20. The molecule has 132 valence electrons. The molecule has 1 heterocycles. The van der Waals surface area contributed by atoms with E-state index in [4.69, 9.17) is 9.47 Å². The van der Waals surface area contributed by atoms with Crippen molar-refractivity contribution < 1.29 is 19.2 Å². The molecule has 0 unspecified atom stereocenters. The van der Waals surface area contributed by atoms with E-state index in [0.29, 0.717) is 24.5 Å². The Morgan fingerprint density at radius 1 is 1.08 bits per heavy atom. The van der Waals surface area contributed by atoms with Crippen molar-refractivity contribution in [2.75, 3.05) is 39.4 Å². The molecule has 5 heteroatoms. The molecule has 2 N–H and O–H groups in total. The van der Waals surface area contributed by atoms with Gasteiger partial charge in [-0.15, -0.1) is 0 Å². The van der Waals surface area contributed by atoms with Gasteiger partial charge < -0.3 is 19.7 Å². The van der Waals surface area contributed by atoms with E-state index in [1.165, 1.54) is 4.90 Å². The number of amides is 1. The van der Waals surface area contributed by atoms with E-state index in [-0.39, 0.29) is 5.91 Å². The van der Waals surface area contributed by atoms with Crippen molar-refractivity contribution in [3.8, 4) is 5.75 Å². The predicted octanol–water partition coefficient (Wildman–Crippen LogP) is 0.911. The van der Waals surface area contributed by atoms with E-state index >= 15 is 0 Å². The van der Waals surface area contributed by atoms with Crippen LogP contribution in [0.1, 0.15) is 15.9 Å². The summed E-state index contributed by atoms with van der Waals surface area (Å²) < 4.78 is 11.1. The van der Waals surface area contributed by atoms with Gasteiger partial charge >= 0.3 is 0 Å². The van der Waals surface area contributed by atoms with Gasteiger partial charge in [0.15, 0.2) is 0 Å². The fourth-order valence-corrected chi connectivity index (χ4v) is 2.83. The molecule has 1 aliphatic rings. The Hall–Kier alpha value is -2.37. The molecule has 2 aromatic carbocycles. The highest BCUT2D eigenvalue weighted by Crippen LogP contribution is 2.15. The third-order valence-electron chi connectivity index (χ3n) is 4.31. The summed E-state index contributed by atoms with van der Waals surface area (Å²) in [6.45, 7) is 5.74. The maximum atomic E-state index is 12.3. The Labute approximate surface area is 148 Å². The second-order valence-corrected chi connectivity index (χ2v) is 6.17. The Kier molecular flexibility index (Phi) is 6.42. The van der Waals surface area contributed by atoms with Gasteiger partial charge in [-0.1, -0.05) is 36.4 Å². The van der Waals surface area contributed by atoms with Crippen LogP contribution in [0.4, 0.5) is 0 Å². The third-order valence-corrected chi connectivity index (χ3v) is 4.31. The molecule has 0 spiro atoms. The van der Waals surface area contributed by atoms with Crippen molar-refractivity contribution in [2.45, 2.75) is 6.61 Å². The van der Waals surface area contributed by atoms with Gasteiger partial charge in [-0.25, -0.2) is 0 Å². The van der Waals surface area contributed by atoms with E-state index in [1.54, 1.807) is 6.07 Å². The van der Waals surface area contributed by atoms with Crippen molar-refractivity contribution in [1.82, 2.24) is 5.32 Å². The minimum Gasteiger partial charge on any atom is -0.489 e. The first-order valence-corrected chi connectivity index (χ1v) is 8.77. The summed E-state index contributed by atoms with van der Waals surface area (Å²) in [4.78, 5) is 13.8. The first kappa shape index (κ1) is 17.5. The molecule has 0 aliphatic carbocycles. The number of ether oxygens (including phenoxy) is 2. The lowest BCUT2D eigenvalue weighted by molar-refractivity contribution is -0.906. The van der Waals surface area contributed by atoms with Crippen LogP contribution in [0.5, 0.6) is 5.75 Å². The zero-order valence-corrected chi connectivity index (χ0v) is 14.4. The van der Waals surface area contributed by atoms with E-state index in [9.17, 15) is 4.79 Å².